The Labute approximate surface area is 122 Å². The number of benzene rings is 1. The van der Waals surface area contributed by atoms with E-state index in [9.17, 15) is 13.2 Å². The van der Waals surface area contributed by atoms with Crippen LogP contribution in [-0.2, 0) is 6.18 Å². The summed E-state index contributed by atoms with van der Waals surface area (Å²) in [5.41, 5.74) is 1.07. The summed E-state index contributed by atoms with van der Waals surface area (Å²) in [5, 5.41) is 0.731. The zero-order valence-electron chi connectivity index (χ0n) is 12.3. The number of alkyl halides is 3. The van der Waals surface area contributed by atoms with E-state index in [1.54, 1.807) is 12.3 Å². The van der Waals surface area contributed by atoms with Crippen LogP contribution in [0.3, 0.4) is 0 Å². The number of hydrogen-bond donors (Lipinski definition) is 1. The number of halogens is 3. The molecular formula is C17H20F3N. The third kappa shape index (κ3) is 2.68. The molecule has 1 aromatic carbocycles. The van der Waals surface area contributed by atoms with Crippen molar-refractivity contribution in [1.29, 1.82) is 0 Å². The summed E-state index contributed by atoms with van der Waals surface area (Å²) in [6, 6.07) is 4.46. The van der Waals surface area contributed by atoms with Gasteiger partial charge in [0.05, 0.1) is 11.1 Å². The van der Waals surface area contributed by atoms with Gasteiger partial charge in [-0.05, 0) is 48.6 Å². The summed E-state index contributed by atoms with van der Waals surface area (Å²) < 4.78 is 39.2. The summed E-state index contributed by atoms with van der Waals surface area (Å²) in [7, 11) is 0. The molecule has 1 aromatic heterocycles. The molecule has 0 spiro atoms. The normalized spacial score (nSPS) is 20.0. The minimum atomic E-state index is -4.31. The lowest BCUT2D eigenvalue weighted by Gasteiger charge is -2.34. The van der Waals surface area contributed by atoms with E-state index >= 15 is 0 Å². The van der Waals surface area contributed by atoms with Crippen molar-refractivity contribution in [1.82, 2.24) is 4.98 Å². The average Bonchev–Trinajstić information content (AvgIpc) is 2.81. The van der Waals surface area contributed by atoms with Crippen molar-refractivity contribution < 1.29 is 13.2 Å². The van der Waals surface area contributed by atoms with Gasteiger partial charge in [0.25, 0.3) is 0 Å². The van der Waals surface area contributed by atoms with Gasteiger partial charge in [0, 0.05) is 11.6 Å². The fourth-order valence-electron chi connectivity index (χ4n) is 3.46. The average molecular weight is 295 g/mol. The molecule has 114 valence electrons. The van der Waals surface area contributed by atoms with Crippen LogP contribution in [0.25, 0.3) is 10.9 Å². The molecule has 1 aliphatic carbocycles. The van der Waals surface area contributed by atoms with Crippen molar-refractivity contribution in [3.8, 4) is 0 Å². The first-order valence-corrected chi connectivity index (χ1v) is 7.45. The highest BCUT2D eigenvalue weighted by molar-refractivity contribution is 5.87. The van der Waals surface area contributed by atoms with Crippen LogP contribution in [0.4, 0.5) is 13.2 Å². The van der Waals surface area contributed by atoms with Crippen molar-refractivity contribution in [3.05, 3.63) is 35.5 Å². The van der Waals surface area contributed by atoms with E-state index in [-0.39, 0.29) is 5.52 Å². The smallest absolute Gasteiger partial charge is 0.360 e. The fourth-order valence-corrected chi connectivity index (χ4v) is 3.46. The highest BCUT2D eigenvalue weighted by Gasteiger charge is 2.34. The Bertz CT molecular complexity index is 642. The van der Waals surface area contributed by atoms with Gasteiger partial charge in [-0.25, -0.2) is 0 Å². The number of H-pyrrole nitrogens is 1. The summed E-state index contributed by atoms with van der Waals surface area (Å²) >= 11 is 0. The van der Waals surface area contributed by atoms with Crippen molar-refractivity contribution in [2.75, 3.05) is 0 Å². The minimum absolute atomic E-state index is 0.227. The molecule has 0 amide bonds. The molecule has 0 saturated heterocycles. The molecule has 1 N–H and O–H groups in total. The van der Waals surface area contributed by atoms with Gasteiger partial charge >= 0.3 is 6.18 Å². The lowest BCUT2D eigenvalue weighted by molar-refractivity contribution is -0.136. The standard InChI is InChI=1S/C17H20F3N/c1-16(2)8-6-11(7-9-16)13-10-21-15-12(13)4-3-5-14(15)17(18,19)20/h3-5,10-11,21H,6-9H2,1-2H3. The van der Waals surface area contributed by atoms with Crippen LogP contribution in [0.2, 0.25) is 0 Å². The second-order valence-corrected chi connectivity index (χ2v) is 6.91. The predicted octanol–water partition coefficient (Wildman–Crippen LogP) is 5.87. The molecule has 1 heterocycles. The number of aromatic amines is 1. The Hall–Kier alpha value is -1.45. The minimum Gasteiger partial charge on any atom is -0.360 e. The maximum atomic E-state index is 13.1. The first-order valence-electron chi connectivity index (χ1n) is 7.45. The van der Waals surface area contributed by atoms with Crippen LogP contribution < -0.4 is 0 Å². The Kier molecular flexibility index (Phi) is 3.30. The SMILES string of the molecule is CC1(C)CCC(c2c[nH]c3c(C(F)(F)F)cccc23)CC1. The molecule has 0 bridgehead atoms. The van der Waals surface area contributed by atoms with E-state index in [4.69, 9.17) is 0 Å². The van der Waals surface area contributed by atoms with Gasteiger partial charge in [-0.2, -0.15) is 13.2 Å². The van der Waals surface area contributed by atoms with E-state index in [1.165, 1.54) is 6.07 Å². The summed E-state index contributed by atoms with van der Waals surface area (Å²) in [6.07, 6.45) is 1.83. The van der Waals surface area contributed by atoms with E-state index in [0.717, 1.165) is 42.7 Å². The van der Waals surface area contributed by atoms with Gasteiger partial charge in [0.1, 0.15) is 0 Å². The van der Waals surface area contributed by atoms with Gasteiger partial charge in [-0.1, -0.05) is 26.0 Å². The van der Waals surface area contributed by atoms with Crippen molar-refractivity contribution in [2.45, 2.75) is 51.6 Å². The Morgan fingerprint density at radius 2 is 1.81 bits per heavy atom. The zero-order valence-corrected chi connectivity index (χ0v) is 12.3. The van der Waals surface area contributed by atoms with Crippen LogP contribution in [-0.4, -0.2) is 4.98 Å². The Balaban J connectivity index is 1.99. The molecule has 1 nitrogen and oxygen atoms in total. The number of para-hydroxylation sites is 1. The molecule has 21 heavy (non-hydrogen) atoms. The molecule has 1 aliphatic rings. The number of aromatic nitrogens is 1. The topological polar surface area (TPSA) is 15.8 Å². The van der Waals surface area contributed by atoms with Gasteiger partial charge in [0.2, 0.25) is 0 Å². The summed E-state index contributed by atoms with van der Waals surface area (Å²) in [4.78, 5) is 2.86. The lowest BCUT2D eigenvalue weighted by Crippen LogP contribution is -2.20. The maximum absolute atomic E-state index is 13.1. The van der Waals surface area contributed by atoms with Gasteiger partial charge in [-0.3, -0.25) is 0 Å². The van der Waals surface area contributed by atoms with Gasteiger partial charge in [-0.15, -0.1) is 0 Å². The highest BCUT2D eigenvalue weighted by Crippen LogP contribution is 2.45. The number of fused-ring (bicyclic) bond motifs is 1. The van der Waals surface area contributed by atoms with Crippen LogP contribution in [0.1, 0.15) is 56.6 Å². The molecule has 3 rings (SSSR count). The van der Waals surface area contributed by atoms with Gasteiger partial charge in [0.15, 0.2) is 0 Å². The summed E-state index contributed by atoms with van der Waals surface area (Å²) in [5.74, 6) is 0.371. The molecule has 0 atom stereocenters. The first kappa shape index (κ1) is 14.5. The second-order valence-electron chi connectivity index (χ2n) is 6.91. The number of hydrogen-bond acceptors (Lipinski definition) is 0. The van der Waals surface area contributed by atoms with Crippen LogP contribution in [0.5, 0.6) is 0 Å². The van der Waals surface area contributed by atoms with Gasteiger partial charge < -0.3 is 4.98 Å². The third-order valence-electron chi connectivity index (χ3n) is 4.83. The highest BCUT2D eigenvalue weighted by atomic mass is 19.4. The van der Waals surface area contributed by atoms with E-state index < -0.39 is 11.7 Å². The molecule has 0 unspecified atom stereocenters. The predicted molar refractivity (Wildman–Crippen MR) is 78.3 cm³/mol. The van der Waals surface area contributed by atoms with Crippen molar-refractivity contribution in [3.63, 3.8) is 0 Å². The Morgan fingerprint density at radius 3 is 2.43 bits per heavy atom. The maximum Gasteiger partial charge on any atom is 0.418 e. The summed E-state index contributed by atoms with van der Waals surface area (Å²) in [6.45, 7) is 4.53. The molecule has 0 radical (unpaired) electrons. The van der Waals surface area contributed by atoms with E-state index in [0.29, 0.717) is 11.3 Å². The van der Waals surface area contributed by atoms with Crippen molar-refractivity contribution in [2.24, 2.45) is 5.41 Å². The van der Waals surface area contributed by atoms with Crippen LogP contribution in [0.15, 0.2) is 24.4 Å². The largest absolute Gasteiger partial charge is 0.418 e. The van der Waals surface area contributed by atoms with E-state index in [2.05, 4.69) is 18.8 Å². The quantitative estimate of drug-likeness (QED) is 0.677. The molecule has 2 aromatic rings. The van der Waals surface area contributed by atoms with Crippen LogP contribution in [0, 0.1) is 5.41 Å². The molecule has 1 fully saturated rings. The molecule has 1 saturated carbocycles. The lowest BCUT2D eigenvalue weighted by atomic mass is 9.71. The number of nitrogens with one attached hydrogen (secondary N) is 1. The zero-order chi connectivity index (χ0) is 15.3. The Morgan fingerprint density at radius 1 is 1.14 bits per heavy atom. The van der Waals surface area contributed by atoms with Crippen LogP contribution >= 0.6 is 0 Å². The number of rotatable bonds is 1. The first-order chi connectivity index (χ1) is 9.78. The van der Waals surface area contributed by atoms with E-state index in [1.807, 2.05) is 0 Å². The molecular weight excluding hydrogens is 275 g/mol. The third-order valence-corrected chi connectivity index (χ3v) is 4.83. The monoisotopic (exact) mass is 295 g/mol. The molecule has 4 heteroatoms. The second kappa shape index (κ2) is 4.79. The fraction of sp³-hybridized carbons (Fsp3) is 0.529. The molecule has 0 aliphatic heterocycles. The van der Waals surface area contributed by atoms with Crippen molar-refractivity contribution >= 4 is 10.9 Å².